The molecule has 0 spiro atoms. The number of carbonyl (C=O) groups excluding carboxylic acids is 1. The summed E-state index contributed by atoms with van der Waals surface area (Å²) in [4.78, 5) is 22.5. The van der Waals surface area contributed by atoms with E-state index in [1.807, 2.05) is 0 Å². The maximum atomic E-state index is 11.6. The van der Waals surface area contributed by atoms with Crippen molar-refractivity contribution < 1.29 is 9.53 Å². The van der Waals surface area contributed by atoms with Crippen molar-refractivity contribution >= 4 is 35.1 Å². The molecule has 2 heterocycles. The number of anilines is 1. The van der Waals surface area contributed by atoms with Gasteiger partial charge in [0.05, 0.1) is 12.4 Å². The number of rotatable bonds is 7. The van der Waals surface area contributed by atoms with Crippen LogP contribution in [-0.2, 0) is 9.53 Å². The van der Waals surface area contributed by atoms with Crippen LogP contribution in [0, 0.1) is 0 Å². The molecule has 0 aromatic carbocycles. The molecule has 2 rings (SSSR count). The highest BCUT2D eigenvalue weighted by Gasteiger charge is 2.16. The SMILES string of the molecule is COCCNC(=O)CSc1nc(Cl)cc(N2CCCC2)n1. The fraction of sp³-hybridized carbons (Fsp3) is 0.615. The summed E-state index contributed by atoms with van der Waals surface area (Å²) in [6.07, 6.45) is 2.35. The first-order chi connectivity index (χ1) is 10.2. The Morgan fingerprint density at radius 3 is 2.95 bits per heavy atom. The lowest BCUT2D eigenvalue weighted by atomic mass is 10.4. The predicted molar refractivity (Wildman–Crippen MR) is 84.1 cm³/mol. The van der Waals surface area contributed by atoms with Crippen LogP contribution >= 0.6 is 23.4 Å². The molecule has 1 aromatic heterocycles. The highest BCUT2D eigenvalue weighted by Crippen LogP contribution is 2.24. The normalized spacial score (nSPS) is 14.5. The van der Waals surface area contributed by atoms with E-state index in [1.165, 1.54) is 24.6 Å². The van der Waals surface area contributed by atoms with Gasteiger partial charge in [-0.3, -0.25) is 4.79 Å². The maximum absolute atomic E-state index is 11.6. The van der Waals surface area contributed by atoms with Crippen molar-refractivity contribution in [2.75, 3.05) is 44.0 Å². The van der Waals surface area contributed by atoms with Gasteiger partial charge in [-0.25, -0.2) is 9.97 Å². The molecule has 1 fully saturated rings. The standard InChI is InChI=1S/C13H19ClN4O2S/c1-20-7-4-15-12(19)9-21-13-16-10(14)8-11(17-13)18-5-2-3-6-18/h8H,2-7,9H2,1H3,(H,15,19). The Morgan fingerprint density at radius 1 is 1.48 bits per heavy atom. The molecule has 0 saturated carbocycles. The van der Waals surface area contributed by atoms with Crippen LogP contribution in [0.3, 0.4) is 0 Å². The summed E-state index contributed by atoms with van der Waals surface area (Å²) in [5.74, 6) is 1.04. The third kappa shape index (κ3) is 5.33. The Labute approximate surface area is 133 Å². The second-order valence-electron chi connectivity index (χ2n) is 4.66. The van der Waals surface area contributed by atoms with Crippen LogP contribution in [-0.4, -0.2) is 55.0 Å². The van der Waals surface area contributed by atoms with Crippen molar-refractivity contribution in [2.24, 2.45) is 0 Å². The number of hydrogen-bond donors (Lipinski definition) is 1. The predicted octanol–water partition coefficient (Wildman–Crippen LogP) is 1.58. The number of aromatic nitrogens is 2. The molecule has 1 amide bonds. The number of thioether (sulfide) groups is 1. The Kier molecular flexibility index (Phi) is 6.53. The van der Waals surface area contributed by atoms with E-state index in [0.717, 1.165) is 18.9 Å². The molecule has 1 N–H and O–H groups in total. The molecule has 21 heavy (non-hydrogen) atoms. The monoisotopic (exact) mass is 330 g/mol. The van der Waals surface area contributed by atoms with Gasteiger partial charge in [-0.2, -0.15) is 0 Å². The van der Waals surface area contributed by atoms with E-state index in [2.05, 4.69) is 20.2 Å². The number of hydrogen-bond acceptors (Lipinski definition) is 6. The summed E-state index contributed by atoms with van der Waals surface area (Å²) in [5, 5.41) is 3.70. The van der Waals surface area contributed by atoms with Gasteiger partial charge >= 0.3 is 0 Å². The largest absolute Gasteiger partial charge is 0.383 e. The number of nitrogens with one attached hydrogen (secondary N) is 1. The second-order valence-corrected chi connectivity index (χ2v) is 5.99. The number of amides is 1. The third-order valence-electron chi connectivity index (χ3n) is 3.05. The first-order valence-electron chi connectivity index (χ1n) is 6.87. The molecule has 6 nitrogen and oxygen atoms in total. The first kappa shape index (κ1) is 16.3. The maximum Gasteiger partial charge on any atom is 0.230 e. The Morgan fingerprint density at radius 2 is 2.24 bits per heavy atom. The topological polar surface area (TPSA) is 67.3 Å². The summed E-state index contributed by atoms with van der Waals surface area (Å²) in [6.45, 7) is 3.00. The van der Waals surface area contributed by atoms with Crippen molar-refractivity contribution in [3.8, 4) is 0 Å². The smallest absolute Gasteiger partial charge is 0.230 e. The zero-order chi connectivity index (χ0) is 15.1. The summed E-state index contributed by atoms with van der Waals surface area (Å²) < 4.78 is 4.87. The minimum atomic E-state index is -0.0663. The lowest BCUT2D eigenvalue weighted by Crippen LogP contribution is -2.28. The molecule has 1 aliphatic heterocycles. The van der Waals surface area contributed by atoms with E-state index in [4.69, 9.17) is 16.3 Å². The average Bonchev–Trinajstić information content (AvgIpc) is 2.99. The number of methoxy groups -OCH3 is 1. The van der Waals surface area contributed by atoms with E-state index in [0.29, 0.717) is 23.5 Å². The molecule has 1 aliphatic rings. The van der Waals surface area contributed by atoms with Crippen LogP contribution in [0.15, 0.2) is 11.2 Å². The van der Waals surface area contributed by atoms with Gasteiger partial charge < -0.3 is 15.0 Å². The number of ether oxygens (including phenoxy) is 1. The number of halogens is 1. The first-order valence-corrected chi connectivity index (χ1v) is 8.23. The Bertz CT molecular complexity index is 483. The summed E-state index contributed by atoms with van der Waals surface area (Å²) in [6, 6.07) is 1.77. The van der Waals surface area contributed by atoms with Crippen LogP contribution in [0.4, 0.5) is 5.82 Å². The van der Waals surface area contributed by atoms with Crippen molar-refractivity contribution in [3.05, 3.63) is 11.2 Å². The molecule has 116 valence electrons. The zero-order valence-electron chi connectivity index (χ0n) is 12.0. The van der Waals surface area contributed by atoms with E-state index < -0.39 is 0 Å². The van der Waals surface area contributed by atoms with E-state index in [9.17, 15) is 4.79 Å². The second kappa shape index (κ2) is 8.41. The lowest BCUT2D eigenvalue weighted by Gasteiger charge is -2.16. The minimum absolute atomic E-state index is 0.0663. The van der Waals surface area contributed by atoms with Crippen LogP contribution in [0.25, 0.3) is 0 Å². The van der Waals surface area contributed by atoms with Gasteiger partial charge in [0.25, 0.3) is 0 Å². The molecule has 0 radical (unpaired) electrons. The molecule has 0 unspecified atom stereocenters. The van der Waals surface area contributed by atoms with Crippen LogP contribution in [0.1, 0.15) is 12.8 Å². The van der Waals surface area contributed by atoms with E-state index in [-0.39, 0.29) is 11.7 Å². The molecule has 0 atom stereocenters. The van der Waals surface area contributed by atoms with Crippen LogP contribution < -0.4 is 10.2 Å². The molecule has 0 aliphatic carbocycles. The van der Waals surface area contributed by atoms with Gasteiger partial charge in [-0.15, -0.1) is 0 Å². The highest BCUT2D eigenvalue weighted by molar-refractivity contribution is 7.99. The fourth-order valence-corrected chi connectivity index (χ4v) is 2.94. The minimum Gasteiger partial charge on any atom is -0.383 e. The summed E-state index contributed by atoms with van der Waals surface area (Å²) in [7, 11) is 1.60. The van der Waals surface area contributed by atoms with Gasteiger partial charge in [0.2, 0.25) is 5.91 Å². The average molecular weight is 331 g/mol. The van der Waals surface area contributed by atoms with Gasteiger partial charge in [-0.05, 0) is 12.8 Å². The van der Waals surface area contributed by atoms with Gasteiger partial charge in [0.15, 0.2) is 5.16 Å². The van der Waals surface area contributed by atoms with Crippen LogP contribution in [0.5, 0.6) is 0 Å². The lowest BCUT2D eigenvalue weighted by molar-refractivity contribution is -0.118. The molecule has 8 heteroatoms. The van der Waals surface area contributed by atoms with Crippen molar-refractivity contribution in [1.82, 2.24) is 15.3 Å². The molecule has 0 bridgehead atoms. The fourth-order valence-electron chi connectivity index (χ4n) is 2.03. The highest BCUT2D eigenvalue weighted by atomic mass is 35.5. The Hall–Kier alpha value is -1.05. The van der Waals surface area contributed by atoms with E-state index >= 15 is 0 Å². The van der Waals surface area contributed by atoms with Crippen molar-refractivity contribution in [3.63, 3.8) is 0 Å². The number of nitrogens with zero attached hydrogens (tertiary/aromatic N) is 3. The molecule has 1 saturated heterocycles. The van der Waals surface area contributed by atoms with Gasteiger partial charge in [0.1, 0.15) is 11.0 Å². The van der Waals surface area contributed by atoms with Crippen molar-refractivity contribution in [1.29, 1.82) is 0 Å². The summed E-state index contributed by atoms with van der Waals surface area (Å²) >= 11 is 7.33. The Balaban J connectivity index is 1.89. The molecular weight excluding hydrogens is 312 g/mol. The van der Waals surface area contributed by atoms with E-state index in [1.54, 1.807) is 13.2 Å². The summed E-state index contributed by atoms with van der Waals surface area (Å²) in [5.41, 5.74) is 0. The molecular formula is C13H19ClN4O2S. The quantitative estimate of drug-likeness (QED) is 0.354. The number of carbonyl (C=O) groups is 1. The third-order valence-corrected chi connectivity index (χ3v) is 4.09. The van der Waals surface area contributed by atoms with Gasteiger partial charge in [0, 0.05) is 32.8 Å². The zero-order valence-corrected chi connectivity index (χ0v) is 13.5. The van der Waals surface area contributed by atoms with Gasteiger partial charge in [-0.1, -0.05) is 23.4 Å². The van der Waals surface area contributed by atoms with Crippen LogP contribution in [0.2, 0.25) is 5.15 Å². The van der Waals surface area contributed by atoms with Crippen molar-refractivity contribution in [2.45, 2.75) is 18.0 Å². The molecule has 1 aromatic rings.